The molecule has 0 aromatic rings. The molecule has 0 spiro atoms. The monoisotopic (exact) mass is 255 g/mol. The lowest BCUT2D eigenvalue weighted by Crippen LogP contribution is -2.64. The zero-order valence-electron chi connectivity index (χ0n) is 11.5. The maximum absolute atomic E-state index is 10.5. The molecule has 0 radical (unpaired) electrons. The van der Waals surface area contributed by atoms with Gasteiger partial charge in [0.05, 0.1) is 5.60 Å². The molecule has 2 unspecified atom stereocenters. The Hall–Kier alpha value is -0.610. The summed E-state index contributed by atoms with van der Waals surface area (Å²) in [5, 5.41) is 8.64. The lowest BCUT2D eigenvalue weighted by molar-refractivity contribution is -0.170. The third kappa shape index (κ3) is 3.45. The second-order valence-corrected chi connectivity index (χ2v) is 6.30. The van der Waals surface area contributed by atoms with E-state index in [-0.39, 0.29) is 12.2 Å². The van der Waals surface area contributed by atoms with Crippen molar-refractivity contribution in [3.05, 3.63) is 0 Å². The van der Waals surface area contributed by atoms with Gasteiger partial charge in [-0.1, -0.05) is 19.8 Å². The molecule has 104 valence electrons. The highest BCUT2D eigenvalue weighted by Crippen LogP contribution is 2.33. The van der Waals surface area contributed by atoms with E-state index in [2.05, 4.69) is 11.8 Å². The van der Waals surface area contributed by atoms with Crippen LogP contribution in [-0.2, 0) is 9.53 Å². The zero-order chi connectivity index (χ0) is 13.2. The van der Waals surface area contributed by atoms with Gasteiger partial charge < -0.3 is 9.84 Å². The van der Waals surface area contributed by atoms with Crippen molar-refractivity contribution in [3.63, 3.8) is 0 Å². The molecular weight excluding hydrogens is 230 g/mol. The van der Waals surface area contributed by atoms with E-state index in [1.54, 1.807) is 0 Å². The number of hydrogen-bond donors (Lipinski definition) is 1. The van der Waals surface area contributed by atoms with Crippen LogP contribution in [0, 0.1) is 5.92 Å². The first kappa shape index (κ1) is 13.8. The number of aliphatic carboxylic acids is 1. The van der Waals surface area contributed by atoms with Gasteiger partial charge in [-0.3, -0.25) is 4.90 Å². The van der Waals surface area contributed by atoms with Gasteiger partial charge in [-0.15, -0.1) is 0 Å². The molecule has 1 heterocycles. The third-order valence-corrected chi connectivity index (χ3v) is 4.36. The number of likely N-dealkylation sites (tertiary alicyclic amines) is 1. The number of rotatable bonds is 4. The Morgan fingerprint density at radius 3 is 2.72 bits per heavy atom. The first-order valence-electron chi connectivity index (χ1n) is 7.08. The van der Waals surface area contributed by atoms with E-state index >= 15 is 0 Å². The molecule has 0 bridgehead atoms. The van der Waals surface area contributed by atoms with Gasteiger partial charge >= 0.3 is 5.97 Å². The van der Waals surface area contributed by atoms with Gasteiger partial charge in [0.15, 0.2) is 0 Å². The average Bonchev–Trinajstić information content (AvgIpc) is 2.47. The molecule has 1 aliphatic heterocycles. The maximum Gasteiger partial charge on any atom is 0.329 e. The second kappa shape index (κ2) is 5.57. The Kier molecular flexibility index (Phi) is 4.28. The Bertz CT molecular complexity index is 299. The standard InChI is InChI=1S/C14H25NO3/c1-11-4-3-5-12(7-6-11)15-9-14(2,10-15)18-8-13(16)17/h11-12H,3-10H2,1-2H3,(H,16,17). The van der Waals surface area contributed by atoms with Crippen molar-refractivity contribution in [3.8, 4) is 0 Å². The highest BCUT2D eigenvalue weighted by atomic mass is 16.5. The van der Waals surface area contributed by atoms with Crippen LogP contribution in [0.25, 0.3) is 0 Å². The van der Waals surface area contributed by atoms with Crippen molar-refractivity contribution in [1.29, 1.82) is 0 Å². The van der Waals surface area contributed by atoms with Crippen molar-refractivity contribution in [1.82, 2.24) is 4.90 Å². The molecule has 1 N–H and O–H groups in total. The number of carboxylic acid groups (broad SMARTS) is 1. The van der Waals surface area contributed by atoms with Gasteiger partial charge in [0.1, 0.15) is 6.61 Å². The minimum atomic E-state index is -0.877. The summed E-state index contributed by atoms with van der Waals surface area (Å²) in [4.78, 5) is 13.0. The maximum atomic E-state index is 10.5. The molecule has 1 aliphatic carbocycles. The number of ether oxygens (including phenoxy) is 1. The van der Waals surface area contributed by atoms with Gasteiger partial charge in [0, 0.05) is 19.1 Å². The zero-order valence-corrected chi connectivity index (χ0v) is 11.5. The predicted octanol–water partition coefficient (Wildman–Crippen LogP) is 2.13. The average molecular weight is 255 g/mol. The van der Waals surface area contributed by atoms with Crippen LogP contribution in [0.2, 0.25) is 0 Å². The molecule has 2 fully saturated rings. The van der Waals surface area contributed by atoms with Crippen molar-refractivity contribution in [2.45, 2.75) is 57.6 Å². The van der Waals surface area contributed by atoms with E-state index in [0.29, 0.717) is 6.04 Å². The summed E-state index contributed by atoms with van der Waals surface area (Å²) in [6.45, 7) is 5.97. The Morgan fingerprint density at radius 2 is 2.06 bits per heavy atom. The summed E-state index contributed by atoms with van der Waals surface area (Å²) >= 11 is 0. The summed E-state index contributed by atoms with van der Waals surface area (Å²) in [6.07, 6.45) is 6.59. The molecule has 2 rings (SSSR count). The smallest absolute Gasteiger partial charge is 0.329 e. The molecular formula is C14H25NO3. The van der Waals surface area contributed by atoms with Crippen LogP contribution in [0.4, 0.5) is 0 Å². The molecule has 1 saturated carbocycles. The fraction of sp³-hybridized carbons (Fsp3) is 0.929. The Morgan fingerprint density at radius 1 is 1.33 bits per heavy atom. The Labute approximate surface area is 109 Å². The summed E-state index contributed by atoms with van der Waals surface area (Å²) in [5.74, 6) is -0.0103. The van der Waals surface area contributed by atoms with E-state index in [1.807, 2.05) is 6.92 Å². The quantitative estimate of drug-likeness (QED) is 0.782. The SMILES string of the molecule is CC1CCCC(N2CC(C)(OCC(=O)O)C2)CC1. The highest BCUT2D eigenvalue weighted by Gasteiger charge is 2.43. The molecule has 2 atom stereocenters. The van der Waals surface area contributed by atoms with Crippen molar-refractivity contribution in [2.75, 3.05) is 19.7 Å². The second-order valence-electron chi connectivity index (χ2n) is 6.30. The molecule has 0 amide bonds. The van der Waals surface area contributed by atoms with Crippen LogP contribution < -0.4 is 0 Å². The molecule has 1 saturated heterocycles. The fourth-order valence-electron chi connectivity index (χ4n) is 3.23. The summed E-state index contributed by atoms with van der Waals surface area (Å²) in [7, 11) is 0. The van der Waals surface area contributed by atoms with Gasteiger partial charge in [0.25, 0.3) is 0 Å². The van der Waals surface area contributed by atoms with Crippen LogP contribution in [-0.4, -0.2) is 47.3 Å². The lowest BCUT2D eigenvalue weighted by Gasteiger charge is -2.51. The first-order valence-corrected chi connectivity index (χ1v) is 7.08. The molecule has 4 nitrogen and oxygen atoms in total. The molecule has 4 heteroatoms. The summed E-state index contributed by atoms with van der Waals surface area (Å²) in [6, 6.07) is 0.691. The predicted molar refractivity (Wildman–Crippen MR) is 69.6 cm³/mol. The normalized spacial score (nSPS) is 32.6. The van der Waals surface area contributed by atoms with E-state index in [4.69, 9.17) is 9.84 Å². The lowest BCUT2D eigenvalue weighted by atomic mass is 9.91. The molecule has 18 heavy (non-hydrogen) atoms. The number of hydrogen-bond acceptors (Lipinski definition) is 3. The Balaban J connectivity index is 1.75. The van der Waals surface area contributed by atoms with Gasteiger partial charge in [0.2, 0.25) is 0 Å². The molecule has 0 aromatic carbocycles. The first-order chi connectivity index (χ1) is 8.48. The van der Waals surface area contributed by atoms with Crippen molar-refractivity contribution in [2.24, 2.45) is 5.92 Å². The fourth-order valence-corrected chi connectivity index (χ4v) is 3.23. The minimum absolute atomic E-state index is 0.175. The topological polar surface area (TPSA) is 49.8 Å². The third-order valence-electron chi connectivity index (χ3n) is 4.36. The number of carboxylic acids is 1. The van der Waals surface area contributed by atoms with E-state index in [1.165, 1.54) is 32.1 Å². The number of carbonyl (C=O) groups is 1. The van der Waals surface area contributed by atoms with Crippen molar-refractivity contribution >= 4 is 5.97 Å². The highest BCUT2D eigenvalue weighted by molar-refractivity contribution is 5.68. The van der Waals surface area contributed by atoms with E-state index in [0.717, 1.165) is 19.0 Å². The minimum Gasteiger partial charge on any atom is -0.480 e. The van der Waals surface area contributed by atoms with Crippen LogP contribution in [0.5, 0.6) is 0 Å². The molecule has 0 aromatic heterocycles. The van der Waals surface area contributed by atoms with Gasteiger partial charge in [-0.2, -0.15) is 0 Å². The van der Waals surface area contributed by atoms with Crippen molar-refractivity contribution < 1.29 is 14.6 Å². The number of nitrogens with zero attached hydrogens (tertiary/aromatic N) is 1. The largest absolute Gasteiger partial charge is 0.480 e. The summed E-state index contributed by atoms with van der Waals surface area (Å²) < 4.78 is 5.46. The molecule has 2 aliphatic rings. The van der Waals surface area contributed by atoms with Crippen LogP contribution in [0.15, 0.2) is 0 Å². The van der Waals surface area contributed by atoms with Crippen LogP contribution >= 0.6 is 0 Å². The van der Waals surface area contributed by atoms with Crippen LogP contribution in [0.3, 0.4) is 0 Å². The van der Waals surface area contributed by atoms with Gasteiger partial charge in [-0.25, -0.2) is 4.79 Å². The van der Waals surface area contributed by atoms with Crippen LogP contribution in [0.1, 0.15) is 46.0 Å². The van der Waals surface area contributed by atoms with E-state index < -0.39 is 5.97 Å². The van der Waals surface area contributed by atoms with Gasteiger partial charge in [-0.05, 0) is 32.1 Å². The summed E-state index contributed by atoms with van der Waals surface area (Å²) in [5.41, 5.74) is -0.240. The van der Waals surface area contributed by atoms with E-state index in [9.17, 15) is 4.79 Å².